The van der Waals surface area contributed by atoms with E-state index in [0.29, 0.717) is 19.1 Å². The van der Waals surface area contributed by atoms with Crippen LogP contribution in [0.1, 0.15) is 16.8 Å². The smallest absolute Gasteiger partial charge is 0.328 e. The van der Waals surface area contributed by atoms with Gasteiger partial charge >= 0.3 is 5.97 Å². The average molecular weight is 336 g/mol. The first-order valence-electron chi connectivity index (χ1n) is 7.53. The van der Waals surface area contributed by atoms with Gasteiger partial charge in [0.1, 0.15) is 6.10 Å². The first-order chi connectivity index (χ1) is 11.6. The highest BCUT2D eigenvalue weighted by atomic mass is 16.5. The molecule has 0 saturated carbocycles. The van der Waals surface area contributed by atoms with Crippen molar-refractivity contribution in [1.29, 1.82) is 0 Å². The summed E-state index contributed by atoms with van der Waals surface area (Å²) in [6, 6.07) is 1.80. The zero-order valence-electron chi connectivity index (χ0n) is 13.1. The Hall–Kier alpha value is -2.45. The van der Waals surface area contributed by atoms with E-state index in [1.54, 1.807) is 0 Å². The summed E-state index contributed by atoms with van der Waals surface area (Å²) in [6.07, 6.45) is 3.61. The maximum absolute atomic E-state index is 12.2. The van der Waals surface area contributed by atoms with Crippen LogP contribution in [0.5, 0.6) is 5.88 Å². The molecule has 2 rings (SSSR count). The summed E-state index contributed by atoms with van der Waals surface area (Å²) in [5, 5.41) is 11.5. The Labute approximate surface area is 139 Å². The van der Waals surface area contributed by atoms with E-state index in [9.17, 15) is 9.59 Å². The standard InChI is InChI=1S/C16H20N2O6/c1-2-6-22-10-13(16(20)21)18-15(19)11-3-5-17-14(8-11)24-12-4-7-23-9-12/h2-3,5,8,12-13H,1,4,6-7,9-10H2,(H,18,19)(H,20,21). The highest BCUT2D eigenvalue weighted by molar-refractivity contribution is 5.96. The van der Waals surface area contributed by atoms with E-state index >= 15 is 0 Å². The van der Waals surface area contributed by atoms with Crippen LogP contribution < -0.4 is 10.1 Å². The van der Waals surface area contributed by atoms with Crippen LogP contribution in [0.15, 0.2) is 31.0 Å². The SMILES string of the molecule is C=CCOCC(NC(=O)c1ccnc(OC2CCOC2)c1)C(=O)O. The summed E-state index contributed by atoms with van der Waals surface area (Å²) in [6.45, 7) is 4.65. The topological polar surface area (TPSA) is 107 Å². The van der Waals surface area contributed by atoms with E-state index in [1.807, 2.05) is 0 Å². The summed E-state index contributed by atoms with van der Waals surface area (Å²) in [4.78, 5) is 27.5. The van der Waals surface area contributed by atoms with Crippen molar-refractivity contribution in [3.05, 3.63) is 36.5 Å². The van der Waals surface area contributed by atoms with Crippen LogP contribution in [0, 0.1) is 0 Å². The monoisotopic (exact) mass is 336 g/mol. The molecule has 1 aliphatic rings. The molecule has 0 spiro atoms. The largest absolute Gasteiger partial charge is 0.480 e. The van der Waals surface area contributed by atoms with Crippen LogP contribution in [0.25, 0.3) is 0 Å². The number of carbonyl (C=O) groups excluding carboxylic acids is 1. The molecule has 8 heteroatoms. The van der Waals surface area contributed by atoms with E-state index in [1.165, 1.54) is 24.4 Å². The van der Waals surface area contributed by atoms with Crippen molar-refractivity contribution < 1.29 is 28.9 Å². The number of aliphatic carboxylic acids is 1. The number of nitrogens with zero attached hydrogens (tertiary/aromatic N) is 1. The van der Waals surface area contributed by atoms with E-state index < -0.39 is 17.9 Å². The van der Waals surface area contributed by atoms with Crippen molar-refractivity contribution in [2.45, 2.75) is 18.6 Å². The number of carboxylic acids is 1. The molecule has 8 nitrogen and oxygen atoms in total. The van der Waals surface area contributed by atoms with Crippen molar-refractivity contribution in [2.24, 2.45) is 0 Å². The lowest BCUT2D eigenvalue weighted by Crippen LogP contribution is -2.44. The molecule has 130 valence electrons. The number of ether oxygens (including phenoxy) is 3. The summed E-state index contributed by atoms with van der Waals surface area (Å²) in [5.74, 6) is -1.42. The number of nitrogens with one attached hydrogen (secondary N) is 1. The van der Waals surface area contributed by atoms with E-state index in [4.69, 9.17) is 19.3 Å². The van der Waals surface area contributed by atoms with Crippen molar-refractivity contribution in [1.82, 2.24) is 10.3 Å². The second-order valence-corrected chi connectivity index (χ2v) is 5.18. The van der Waals surface area contributed by atoms with Crippen molar-refractivity contribution in [3.8, 4) is 5.88 Å². The third-order valence-corrected chi connectivity index (χ3v) is 3.30. The second-order valence-electron chi connectivity index (χ2n) is 5.18. The highest BCUT2D eigenvalue weighted by Gasteiger charge is 2.22. The molecule has 2 heterocycles. The fourth-order valence-electron chi connectivity index (χ4n) is 2.08. The third-order valence-electron chi connectivity index (χ3n) is 3.30. The van der Waals surface area contributed by atoms with Crippen LogP contribution >= 0.6 is 0 Å². The van der Waals surface area contributed by atoms with Crippen LogP contribution in [0.2, 0.25) is 0 Å². The lowest BCUT2D eigenvalue weighted by Gasteiger charge is -2.15. The van der Waals surface area contributed by atoms with E-state index in [0.717, 1.165) is 6.42 Å². The van der Waals surface area contributed by atoms with E-state index in [2.05, 4.69) is 16.9 Å². The Bertz CT molecular complexity index is 586. The van der Waals surface area contributed by atoms with Gasteiger partial charge in [-0.05, 0) is 6.07 Å². The fraction of sp³-hybridized carbons (Fsp3) is 0.438. The van der Waals surface area contributed by atoms with Crippen molar-refractivity contribution in [3.63, 3.8) is 0 Å². The first-order valence-corrected chi connectivity index (χ1v) is 7.53. The van der Waals surface area contributed by atoms with E-state index in [-0.39, 0.29) is 24.9 Å². The maximum Gasteiger partial charge on any atom is 0.328 e. The van der Waals surface area contributed by atoms with Crippen molar-refractivity contribution in [2.75, 3.05) is 26.4 Å². The van der Waals surface area contributed by atoms with Gasteiger partial charge in [-0.25, -0.2) is 9.78 Å². The predicted molar refractivity (Wildman–Crippen MR) is 84.0 cm³/mol. The molecule has 1 fully saturated rings. The summed E-state index contributed by atoms with van der Waals surface area (Å²) in [7, 11) is 0. The lowest BCUT2D eigenvalue weighted by molar-refractivity contribution is -0.140. The molecule has 0 bridgehead atoms. The van der Waals surface area contributed by atoms with Gasteiger partial charge in [0.25, 0.3) is 5.91 Å². The van der Waals surface area contributed by atoms with Gasteiger partial charge in [0.05, 0.1) is 26.4 Å². The molecule has 0 radical (unpaired) electrons. The van der Waals surface area contributed by atoms with Crippen LogP contribution in [0.3, 0.4) is 0 Å². The summed E-state index contributed by atoms with van der Waals surface area (Å²) < 4.78 is 15.9. The molecule has 24 heavy (non-hydrogen) atoms. The average Bonchev–Trinajstić information content (AvgIpc) is 3.07. The molecule has 1 amide bonds. The highest BCUT2D eigenvalue weighted by Crippen LogP contribution is 2.15. The predicted octanol–water partition coefficient (Wildman–Crippen LogP) is 0.635. The number of amides is 1. The van der Waals surface area contributed by atoms with Gasteiger partial charge in [0.15, 0.2) is 6.04 Å². The molecule has 2 N–H and O–H groups in total. The van der Waals surface area contributed by atoms with Gasteiger partial charge in [-0.3, -0.25) is 4.79 Å². The molecule has 2 atom stereocenters. The van der Waals surface area contributed by atoms with Crippen LogP contribution in [-0.2, 0) is 14.3 Å². The Morgan fingerprint density at radius 3 is 3.08 bits per heavy atom. The molecule has 2 unspecified atom stereocenters. The molecule has 1 aliphatic heterocycles. The van der Waals surface area contributed by atoms with Crippen LogP contribution in [0.4, 0.5) is 0 Å². The zero-order valence-corrected chi connectivity index (χ0v) is 13.1. The Morgan fingerprint density at radius 2 is 2.42 bits per heavy atom. The zero-order chi connectivity index (χ0) is 17.4. The number of hydrogen-bond acceptors (Lipinski definition) is 6. The number of aromatic nitrogens is 1. The molecule has 0 aliphatic carbocycles. The molecule has 1 aromatic rings. The number of carbonyl (C=O) groups is 2. The van der Waals surface area contributed by atoms with Crippen LogP contribution in [-0.4, -0.2) is 60.5 Å². The summed E-state index contributed by atoms with van der Waals surface area (Å²) >= 11 is 0. The maximum atomic E-state index is 12.2. The minimum Gasteiger partial charge on any atom is -0.480 e. The third kappa shape index (κ3) is 5.32. The number of carboxylic acid groups (broad SMARTS) is 1. The number of hydrogen-bond donors (Lipinski definition) is 2. The van der Waals surface area contributed by atoms with Gasteiger partial charge in [-0.15, -0.1) is 6.58 Å². The van der Waals surface area contributed by atoms with Gasteiger partial charge in [0, 0.05) is 24.2 Å². The Balaban J connectivity index is 1.96. The molecule has 1 saturated heterocycles. The Morgan fingerprint density at radius 1 is 1.58 bits per heavy atom. The molecule has 1 aromatic heterocycles. The first kappa shape index (κ1) is 17.9. The van der Waals surface area contributed by atoms with Crippen molar-refractivity contribution >= 4 is 11.9 Å². The minimum atomic E-state index is -1.18. The molecular formula is C16H20N2O6. The van der Waals surface area contributed by atoms with Gasteiger partial charge < -0.3 is 24.6 Å². The number of pyridine rings is 1. The number of rotatable bonds is 9. The minimum absolute atomic E-state index is 0.0881. The molecular weight excluding hydrogens is 316 g/mol. The Kier molecular flexibility index (Phi) is 6.71. The quantitative estimate of drug-likeness (QED) is 0.503. The lowest BCUT2D eigenvalue weighted by atomic mass is 10.2. The van der Waals surface area contributed by atoms with Gasteiger partial charge in [0.2, 0.25) is 5.88 Å². The fourth-order valence-corrected chi connectivity index (χ4v) is 2.08. The van der Waals surface area contributed by atoms with Gasteiger partial charge in [-0.2, -0.15) is 0 Å². The normalized spacial score (nSPS) is 17.9. The summed E-state index contributed by atoms with van der Waals surface area (Å²) in [5.41, 5.74) is 0.258. The molecule has 0 aromatic carbocycles. The second kappa shape index (κ2) is 8.99. The van der Waals surface area contributed by atoms with Gasteiger partial charge in [-0.1, -0.05) is 6.08 Å².